The van der Waals surface area contributed by atoms with Crippen LogP contribution in [-0.4, -0.2) is 15.1 Å². The van der Waals surface area contributed by atoms with Gasteiger partial charge in [0.25, 0.3) is 0 Å². The zero-order valence-corrected chi connectivity index (χ0v) is 7.65. The Labute approximate surface area is 72.5 Å². The Morgan fingerprint density at radius 3 is 2.50 bits per heavy atom. The molecule has 3 nitrogen and oxygen atoms in total. The summed E-state index contributed by atoms with van der Waals surface area (Å²) in [5.41, 5.74) is -0.256. The molecule has 1 aromatic rings. The van der Waals surface area contributed by atoms with Gasteiger partial charge >= 0.3 is 0 Å². The first kappa shape index (κ1) is 9.13. The monoisotopic (exact) mass is 166 g/mol. The number of hydrogen-bond acceptors (Lipinski definition) is 3. The average Bonchev–Trinajstić information content (AvgIpc) is 2.06. The van der Waals surface area contributed by atoms with Crippen molar-refractivity contribution in [3.63, 3.8) is 0 Å². The summed E-state index contributed by atoms with van der Waals surface area (Å²) in [5, 5.41) is 9.96. The number of hydrogen-bond donors (Lipinski definition) is 1. The summed E-state index contributed by atoms with van der Waals surface area (Å²) >= 11 is 0. The van der Waals surface area contributed by atoms with Gasteiger partial charge in [-0.1, -0.05) is 13.8 Å². The highest BCUT2D eigenvalue weighted by Gasteiger charge is 2.28. The maximum Gasteiger partial charge on any atom is 0.108 e. The highest BCUT2D eigenvalue weighted by atomic mass is 16.3. The molecule has 0 radical (unpaired) electrons. The van der Waals surface area contributed by atoms with Gasteiger partial charge in [0.2, 0.25) is 0 Å². The van der Waals surface area contributed by atoms with E-state index in [1.807, 2.05) is 13.8 Å². The molecule has 1 atom stereocenters. The molecular weight excluding hydrogens is 152 g/mol. The van der Waals surface area contributed by atoms with E-state index in [0.29, 0.717) is 5.69 Å². The molecule has 1 rings (SSSR count). The number of nitrogens with zero attached hydrogens (tertiary/aromatic N) is 2. The highest BCUT2D eigenvalue weighted by Crippen LogP contribution is 2.25. The van der Waals surface area contributed by atoms with Crippen molar-refractivity contribution in [1.82, 2.24) is 9.97 Å². The first-order valence-electron chi connectivity index (χ1n) is 4.04. The van der Waals surface area contributed by atoms with E-state index in [0.717, 1.165) is 0 Å². The van der Waals surface area contributed by atoms with Crippen molar-refractivity contribution in [3.05, 3.63) is 24.3 Å². The maximum absolute atomic E-state index is 9.96. The Hall–Kier alpha value is -0.960. The Bertz CT molecular complexity index is 244. The van der Waals surface area contributed by atoms with Crippen molar-refractivity contribution in [2.24, 2.45) is 5.92 Å². The largest absolute Gasteiger partial charge is 0.384 e. The number of aromatic nitrogens is 2. The van der Waals surface area contributed by atoms with Crippen LogP contribution in [0.1, 0.15) is 26.5 Å². The molecule has 0 aliphatic heterocycles. The van der Waals surface area contributed by atoms with Gasteiger partial charge in [0.15, 0.2) is 0 Å². The molecule has 0 unspecified atom stereocenters. The summed E-state index contributed by atoms with van der Waals surface area (Å²) in [6.45, 7) is 5.66. The van der Waals surface area contributed by atoms with Crippen molar-refractivity contribution < 1.29 is 5.11 Å². The smallest absolute Gasteiger partial charge is 0.108 e. The quantitative estimate of drug-likeness (QED) is 0.721. The molecule has 1 N–H and O–H groups in total. The lowest BCUT2D eigenvalue weighted by molar-refractivity contribution is 0.00451. The van der Waals surface area contributed by atoms with Crippen LogP contribution in [0.15, 0.2) is 18.6 Å². The molecule has 0 fully saturated rings. The molecule has 1 heterocycles. The van der Waals surface area contributed by atoms with Gasteiger partial charge in [-0.15, -0.1) is 0 Å². The summed E-state index contributed by atoms with van der Waals surface area (Å²) in [4.78, 5) is 7.97. The summed E-state index contributed by atoms with van der Waals surface area (Å²) in [5.74, 6) is 0.134. The van der Waals surface area contributed by atoms with Crippen LogP contribution in [-0.2, 0) is 5.60 Å². The molecule has 0 aromatic carbocycles. The van der Waals surface area contributed by atoms with Crippen molar-refractivity contribution in [1.29, 1.82) is 0 Å². The van der Waals surface area contributed by atoms with E-state index < -0.39 is 5.60 Å². The Balaban J connectivity index is 2.98. The van der Waals surface area contributed by atoms with E-state index in [-0.39, 0.29) is 5.92 Å². The molecule has 3 heteroatoms. The molecule has 0 amide bonds. The summed E-state index contributed by atoms with van der Waals surface area (Å²) in [6.07, 6.45) is 4.78. The van der Waals surface area contributed by atoms with Crippen LogP contribution in [0.3, 0.4) is 0 Å². The van der Waals surface area contributed by atoms with Crippen molar-refractivity contribution in [3.8, 4) is 0 Å². The van der Waals surface area contributed by atoms with E-state index in [9.17, 15) is 5.11 Å². The van der Waals surface area contributed by atoms with E-state index in [1.54, 1.807) is 25.5 Å². The third kappa shape index (κ3) is 1.61. The molecule has 0 aliphatic rings. The first-order chi connectivity index (χ1) is 5.55. The molecule has 0 saturated carbocycles. The predicted molar refractivity (Wildman–Crippen MR) is 46.4 cm³/mol. The second kappa shape index (κ2) is 3.19. The van der Waals surface area contributed by atoms with Crippen LogP contribution < -0.4 is 0 Å². The lowest BCUT2D eigenvalue weighted by atomic mass is 9.89. The molecule has 66 valence electrons. The number of rotatable bonds is 2. The average molecular weight is 166 g/mol. The lowest BCUT2D eigenvalue weighted by Crippen LogP contribution is -2.29. The fraction of sp³-hybridized carbons (Fsp3) is 0.556. The highest BCUT2D eigenvalue weighted by molar-refractivity contribution is 5.06. The summed E-state index contributed by atoms with van der Waals surface area (Å²) in [6, 6.07) is 0. The van der Waals surface area contributed by atoms with Crippen molar-refractivity contribution in [2.75, 3.05) is 0 Å². The third-order valence-electron chi connectivity index (χ3n) is 2.21. The Morgan fingerprint density at radius 1 is 1.42 bits per heavy atom. The molecule has 12 heavy (non-hydrogen) atoms. The van der Waals surface area contributed by atoms with Gasteiger partial charge in [-0.2, -0.15) is 0 Å². The fourth-order valence-corrected chi connectivity index (χ4v) is 0.856. The van der Waals surface area contributed by atoms with Gasteiger partial charge in [0.1, 0.15) is 5.60 Å². The standard InChI is InChI=1S/C9H14N2O/c1-7(2)9(3,12)8-6-10-4-5-11-8/h4-7,12H,1-3H3/t9-/m1/s1. The van der Waals surface area contributed by atoms with Crippen LogP contribution >= 0.6 is 0 Å². The van der Waals surface area contributed by atoms with Crippen LogP contribution in [0.2, 0.25) is 0 Å². The molecule has 0 saturated heterocycles. The molecular formula is C9H14N2O. The molecule has 0 spiro atoms. The third-order valence-corrected chi connectivity index (χ3v) is 2.21. The van der Waals surface area contributed by atoms with E-state index in [1.165, 1.54) is 0 Å². The SMILES string of the molecule is CC(C)[C@@](C)(O)c1cnccn1. The van der Waals surface area contributed by atoms with Gasteiger partial charge < -0.3 is 5.11 Å². The first-order valence-corrected chi connectivity index (χ1v) is 4.04. The van der Waals surface area contributed by atoms with Crippen molar-refractivity contribution >= 4 is 0 Å². The van der Waals surface area contributed by atoms with Crippen LogP contribution in [0.25, 0.3) is 0 Å². The van der Waals surface area contributed by atoms with E-state index in [4.69, 9.17) is 0 Å². The normalized spacial score (nSPS) is 16.1. The lowest BCUT2D eigenvalue weighted by Gasteiger charge is -2.26. The van der Waals surface area contributed by atoms with Gasteiger partial charge in [0, 0.05) is 12.4 Å². The molecule has 0 bridgehead atoms. The molecule has 1 aromatic heterocycles. The minimum atomic E-state index is -0.881. The van der Waals surface area contributed by atoms with Crippen LogP contribution in [0.5, 0.6) is 0 Å². The molecule has 0 aliphatic carbocycles. The van der Waals surface area contributed by atoms with Gasteiger partial charge in [-0.05, 0) is 12.8 Å². The Morgan fingerprint density at radius 2 is 2.08 bits per heavy atom. The second-order valence-corrected chi connectivity index (χ2v) is 3.39. The van der Waals surface area contributed by atoms with Crippen LogP contribution in [0.4, 0.5) is 0 Å². The van der Waals surface area contributed by atoms with Gasteiger partial charge in [-0.3, -0.25) is 9.97 Å². The van der Waals surface area contributed by atoms with E-state index in [2.05, 4.69) is 9.97 Å². The predicted octanol–water partition coefficient (Wildman–Crippen LogP) is 1.34. The minimum Gasteiger partial charge on any atom is -0.384 e. The van der Waals surface area contributed by atoms with E-state index >= 15 is 0 Å². The summed E-state index contributed by atoms with van der Waals surface area (Å²) in [7, 11) is 0. The van der Waals surface area contributed by atoms with Crippen LogP contribution in [0, 0.1) is 5.92 Å². The van der Waals surface area contributed by atoms with Crippen molar-refractivity contribution in [2.45, 2.75) is 26.4 Å². The zero-order chi connectivity index (χ0) is 9.19. The maximum atomic E-state index is 9.96. The Kier molecular flexibility index (Phi) is 2.43. The summed E-state index contributed by atoms with van der Waals surface area (Å²) < 4.78 is 0. The van der Waals surface area contributed by atoms with Gasteiger partial charge in [0.05, 0.1) is 11.9 Å². The fourth-order valence-electron chi connectivity index (χ4n) is 0.856. The zero-order valence-electron chi connectivity index (χ0n) is 7.65. The van der Waals surface area contributed by atoms with Gasteiger partial charge in [-0.25, -0.2) is 0 Å². The number of aliphatic hydroxyl groups is 1. The second-order valence-electron chi connectivity index (χ2n) is 3.39. The topological polar surface area (TPSA) is 46.0 Å². The minimum absolute atomic E-state index is 0.134.